The fourth-order valence-corrected chi connectivity index (χ4v) is 1.31. The highest BCUT2D eigenvalue weighted by Crippen LogP contribution is 2.27. The van der Waals surface area contributed by atoms with Crippen molar-refractivity contribution in [3.63, 3.8) is 0 Å². The topological polar surface area (TPSA) is 35.6 Å². The average molecular weight is 213 g/mol. The van der Waals surface area contributed by atoms with Crippen LogP contribution in [0.2, 0.25) is 0 Å². The standard InChI is InChI=1S/C11H23N3O/c1-13(2)6-7-14(3)11(15)9-12-8-10-4-5-10/h10,12H,4-9H2,1-3H3. The zero-order chi connectivity index (χ0) is 11.3. The molecule has 1 saturated carbocycles. The summed E-state index contributed by atoms with van der Waals surface area (Å²) in [6.07, 6.45) is 2.66. The number of amides is 1. The van der Waals surface area contributed by atoms with Crippen molar-refractivity contribution in [2.24, 2.45) is 5.92 Å². The molecule has 0 atom stereocenters. The van der Waals surface area contributed by atoms with Crippen LogP contribution in [0.15, 0.2) is 0 Å². The van der Waals surface area contributed by atoms with Crippen molar-refractivity contribution in [1.82, 2.24) is 15.1 Å². The van der Waals surface area contributed by atoms with Gasteiger partial charge in [0.2, 0.25) is 5.91 Å². The minimum absolute atomic E-state index is 0.192. The molecule has 0 saturated heterocycles. The van der Waals surface area contributed by atoms with Crippen LogP contribution in [0.5, 0.6) is 0 Å². The van der Waals surface area contributed by atoms with E-state index < -0.39 is 0 Å². The van der Waals surface area contributed by atoms with Gasteiger partial charge >= 0.3 is 0 Å². The summed E-state index contributed by atoms with van der Waals surface area (Å²) in [6.45, 7) is 3.22. The van der Waals surface area contributed by atoms with Crippen molar-refractivity contribution in [1.29, 1.82) is 0 Å². The van der Waals surface area contributed by atoms with Crippen molar-refractivity contribution >= 4 is 5.91 Å². The smallest absolute Gasteiger partial charge is 0.236 e. The molecule has 0 radical (unpaired) electrons. The first-order valence-electron chi connectivity index (χ1n) is 5.69. The molecule has 1 rings (SSSR count). The lowest BCUT2D eigenvalue weighted by Gasteiger charge is -2.19. The highest BCUT2D eigenvalue weighted by Gasteiger charge is 2.20. The summed E-state index contributed by atoms with van der Waals surface area (Å²) in [5.74, 6) is 1.03. The monoisotopic (exact) mass is 213 g/mol. The third-order valence-electron chi connectivity index (χ3n) is 2.71. The van der Waals surface area contributed by atoms with Crippen LogP contribution in [0.4, 0.5) is 0 Å². The molecule has 15 heavy (non-hydrogen) atoms. The van der Waals surface area contributed by atoms with Crippen molar-refractivity contribution in [3.8, 4) is 0 Å². The van der Waals surface area contributed by atoms with Crippen LogP contribution in [0, 0.1) is 5.92 Å². The van der Waals surface area contributed by atoms with E-state index in [1.165, 1.54) is 12.8 Å². The third-order valence-corrected chi connectivity index (χ3v) is 2.71. The van der Waals surface area contributed by atoms with E-state index in [0.29, 0.717) is 6.54 Å². The minimum atomic E-state index is 0.192. The molecule has 0 aromatic carbocycles. The van der Waals surface area contributed by atoms with Crippen LogP contribution in [0.3, 0.4) is 0 Å². The third kappa shape index (κ3) is 5.74. The summed E-state index contributed by atoms with van der Waals surface area (Å²) < 4.78 is 0. The Bertz CT molecular complexity index is 202. The Kier molecular flexibility index (Phi) is 5.05. The first kappa shape index (κ1) is 12.5. The van der Waals surface area contributed by atoms with Gasteiger partial charge in [-0.05, 0) is 39.4 Å². The molecule has 1 aliphatic carbocycles. The summed E-state index contributed by atoms with van der Waals surface area (Å²) in [7, 11) is 5.90. The number of carbonyl (C=O) groups excluding carboxylic acids is 1. The van der Waals surface area contributed by atoms with Crippen LogP contribution < -0.4 is 5.32 Å². The summed E-state index contributed by atoms with van der Waals surface area (Å²) in [5, 5.41) is 3.21. The number of hydrogen-bond acceptors (Lipinski definition) is 3. The normalized spacial score (nSPS) is 15.7. The molecule has 0 aromatic heterocycles. The lowest BCUT2D eigenvalue weighted by Crippen LogP contribution is -2.39. The second kappa shape index (κ2) is 6.08. The Balaban J connectivity index is 2.03. The van der Waals surface area contributed by atoms with Crippen LogP contribution >= 0.6 is 0 Å². The number of likely N-dealkylation sites (N-methyl/N-ethyl adjacent to an activating group) is 2. The van der Waals surface area contributed by atoms with Gasteiger partial charge in [-0.25, -0.2) is 0 Å². The van der Waals surface area contributed by atoms with Crippen LogP contribution in [0.1, 0.15) is 12.8 Å². The number of rotatable bonds is 7. The van der Waals surface area contributed by atoms with Gasteiger partial charge in [-0.15, -0.1) is 0 Å². The maximum atomic E-state index is 11.6. The van der Waals surface area contributed by atoms with Gasteiger partial charge in [0.15, 0.2) is 0 Å². The van der Waals surface area contributed by atoms with Crippen molar-refractivity contribution in [2.75, 3.05) is 47.3 Å². The molecule has 4 nitrogen and oxygen atoms in total. The summed E-state index contributed by atoms with van der Waals surface area (Å²) in [4.78, 5) is 15.5. The Morgan fingerprint density at radius 1 is 1.27 bits per heavy atom. The Labute approximate surface area is 92.6 Å². The lowest BCUT2D eigenvalue weighted by molar-refractivity contribution is -0.129. The highest BCUT2D eigenvalue weighted by atomic mass is 16.2. The van der Waals surface area contributed by atoms with E-state index in [2.05, 4.69) is 10.2 Å². The molecule has 4 heteroatoms. The lowest BCUT2D eigenvalue weighted by atomic mass is 10.4. The Morgan fingerprint density at radius 2 is 1.93 bits per heavy atom. The molecule has 0 bridgehead atoms. The number of hydrogen-bond donors (Lipinski definition) is 1. The second-order valence-electron chi connectivity index (χ2n) is 4.69. The maximum Gasteiger partial charge on any atom is 0.236 e. The predicted molar refractivity (Wildman–Crippen MR) is 61.8 cm³/mol. The molecule has 1 N–H and O–H groups in total. The van der Waals surface area contributed by atoms with E-state index in [0.717, 1.165) is 25.6 Å². The zero-order valence-corrected chi connectivity index (χ0v) is 10.1. The van der Waals surface area contributed by atoms with Gasteiger partial charge in [-0.3, -0.25) is 4.79 Å². The van der Waals surface area contributed by atoms with Crippen LogP contribution in [-0.4, -0.2) is 63.0 Å². The van der Waals surface area contributed by atoms with E-state index in [1.807, 2.05) is 21.1 Å². The van der Waals surface area contributed by atoms with Gasteiger partial charge in [0.25, 0.3) is 0 Å². The van der Waals surface area contributed by atoms with Gasteiger partial charge in [0.05, 0.1) is 6.54 Å². The van der Waals surface area contributed by atoms with Gasteiger partial charge in [-0.1, -0.05) is 0 Å². The number of nitrogens with zero attached hydrogens (tertiary/aromatic N) is 2. The van der Waals surface area contributed by atoms with E-state index >= 15 is 0 Å². The Hall–Kier alpha value is -0.610. The van der Waals surface area contributed by atoms with Crippen LogP contribution in [0.25, 0.3) is 0 Å². The van der Waals surface area contributed by atoms with E-state index in [1.54, 1.807) is 4.90 Å². The van der Waals surface area contributed by atoms with Gasteiger partial charge < -0.3 is 15.1 Å². The highest BCUT2D eigenvalue weighted by molar-refractivity contribution is 5.77. The molecule has 1 fully saturated rings. The molecule has 0 unspecified atom stereocenters. The van der Waals surface area contributed by atoms with Crippen molar-refractivity contribution < 1.29 is 4.79 Å². The predicted octanol–water partition coefficient (Wildman–Crippen LogP) is 0.00600. The van der Waals surface area contributed by atoms with Crippen molar-refractivity contribution in [3.05, 3.63) is 0 Å². The van der Waals surface area contributed by atoms with E-state index in [4.69, 9.17) is 0 Å². The molecule has 1 aliphatic rings. The maximum absolute atomic E-state index is 11.6. The minimum Gasteiger partial charge on any atom is -0.343 e. The Morgan fingerprint density at radius 3 is 2.47 bits per heavy atom. The van der Waals surface area contributed by atoms with E-state index in [-0.39, 0.29) is 5.91 Å². The first-order valence-corrected chi connectivity index (χ1v) is 5.69. The van der Waals surface area contributed by atoms with E-state index in [9.17, 15) is 4.79 Å². The van der Waals surface area contributed by atoms with Gasteiger partial charge in [0, 0.05) is 20.1 Å². The molecule has 88 valence electrons. The first-order chi connectivity index (χ1) is 7.09. The average Bonchev–Trinajstić information content (AvgIpc) is 2.97. The van der Waals surface area contributed by atoms with Crippen molar-refractivity contribution in [2.45, 2.75) is 12.8 Å². The molecule has 1 amide bonds. The molecular weight excluding hydrogens is 190 g/mol. The van der Waals surface area contributed by atoms with Gasteiger partial charge in [-0.2, -0.15) is 0 Å². The number of nitrogens with one attached hydrogen (secondary N) is 1. The second-order valence-corrected chi connectivity index (χ2v) is 4.69. The van der Waals surface area contributed by atoms with Gasteiger partial charge in [0.1, 0.15) is 0 Å². The zero-order valence-electron chi connectivity index (χ0n) is 10.1. The quantitative estimate of drug-likeness (QED) is 0.647. The molecule has 0 spiro atoms. The molecule has 0 heterocycles. The summed E-state index contributed by atoms with van der Waals surface area (Å²) in [5.41, 5.74) is 0. The molecular formula is C11H23N3O. The summed E-state index contributed by atoms with van der Waals surface area (Å²) >= 11 is 0. The fourth-order valence-electron chi connectivity index (χ4n) is 1.31. The SMILES string of the molecule is CN(C)CCN(C)C(=O)CNCC1CC1. The fraction of sp³-hybridized carbons (Fsp3) is 0.909. The largest absolute Gasteiger partial charge is 0.343 e. The van der Waals surface area contributed by atoms with Crippen LogP contribution in [-0.2, 0) is 4.79 Å². The number of carbonyl (C=O) groups is 1. The summed E-state index contributed by atoms with van der Waals surface area (Å²) in [6, 6.07) is 0. The molecule has 0 aromatic rings. The molecule has 0 aliphatic heterocycles.